The lowest BCUT2D eigenvalue weighted by atomic mass is 9.91. The Morgan fingerprint density at radius 2 is 0.852 bits per heavy atom. The Labute approximate surface area is 351 Å². The molecule has 8 aromatic carbocycles. The molecule has 0 aliphatic carbocycles. The molecule has 0 aliphatic rings. The van der Waals surface area contributed by atoms with Crippen molar-refractivity contribution in [2.75, 3.05) is 0 Å². The molecule has 4 nitrogen and oxygen atoms in total. The lowest BCUT2D eigenvalue weighted by Crippen LogP contribution is -2.06. The molecule has 0 N–H and O–H groups in total. The van der Waals surface area contributed by atoms with Crippen molar-refractivity contribution in [2.45, 2.75) is 20.0 Å². The fraction of sp³-hybridized carbons (Fsp3) is 0.0556. The van der Waals surface area contributed by atoms with Gasteiger partial charge in [0, 0.05) is 38.6 Å². The third-order valence-electron chi connectivity index (χ3n) is 11.1. The van der Waals surface area contributed by atoms with E-state index < -0.39 is 11.7 Å². The molecule has 0 saturated carbocycles. The van der Waals surface area contributed by atoms with Crippen LogP contribution in [0.15, 0.2) is 188 Å². The molecule has 0 amide bonds. The molecule has 0 unspecified atom stereocenters. The van der Waals surface area contributed by atoms with E-state index in [0.29, 0.717) is 34.2 Å². The van der Waals surface area contributed by atoms with Gasteiger partial charge in [0.15, 0.2) is 17.5 Å². The van der Waals surface area contributed by atoms with Crippen LogP contribution in [0.25, 0.3) is 95.0 Å². The Morgan fingerprint density at radius 1 is 0.377 bits per heavy atom. The highest BCUT2D eigenvalue weighted by Crippen LogP contribution is 2.45. The normalized spacial score (nSPS) is 11.7. The number of halogens is 3. The number of fused-ring (bicyclic) bond motifs is 3. The first-order valence-electron chi connectivity index (χ1n) is 20.1. The van der Waals surface area contributed by atoms with Crippen molar-refractivity contribution < 1.29 is 13.2 Å². The summed E-state index contributed by atoms with van der Waals surface area (Å²) in [7, 11) is 0. The van der Waals surface area contributed by atoms with Crippen LogP contribution < -0.4 is 0 Å². The highest BCUT2D eigenvalue weighted by Gasteiger charge is 2.31. The smallest absolute Gasteiger partial charge is 0.308 e. The summed E-state index contributed by atoms with van der Waals surface area (Å²) in [5, 5.41) is 2.06. The molecule has 7 heteroatoms. The molecule has 0 radical (unpaired) electrons. The predicted octanol–water partition coefficient (Wildman–Crippen LogP) is 14.6. The molecule has 294 valence electrons. The SMILES string of the molecule is Cc1cccc(-c2ccc3c(c2)c2ccccc2n3-c2c(-c3cccc(C)c3)cc(-c3nc(-c4ccccc4)nc(-c4ccccc4)n3)cc2-c2cccc(C(F)(F)F)c2)c1. The van der Waals surface area contributed by atoms with Gasteiger partial charge in [0.2, 0.25) is 0 Å². The highest BCUT2D eigenvalue weighted by molar-refractivity contribution is 6.12. The van der Waals surface area contributed by atoms with Crippen LogP contribution in [-0.4, -0.2) is 19.5 Å². The fourth-order valence-electron chi connectivity index (χ4n) is 8.28. The van der Waals surface area contributed by atoms with Crippen molar-refractivity contribution in [1.29, 1.82) is 0 Å². The summed E-state index contributed by atoms with van der Waals surface area (Å²) in [4.78, 5) is 15.1. The third kappa shape index (κ3) is 7.14. The van der Waals surface area contributed by atoms with Crippen molar-refractivity contribution in [1.82, 2.24) is 19.5 Å². The highest BCUT2D eigenvalue weighted by atomic mass is 19.4. The summed E-state index contributed by atoms with van der Waals surface area (Å²) in [5.74, 6) is 1.36. The predicted molar refractivity (Wildman–Crippen MR) is 241 cm³/mol. The zero-order valence-corrected chi connectivity index (χ0v) is 33.3. The minimum Gasteiger partial charge on any atom is -0.308 e. The zero-order chi connectivity index (χ0) is 41.7. The van der Waals surface area contributed by atoms with E-state index in [4.69, 9.17) is 15.0 Å². The second-order valence-corrected chi connectivity index (χ2v) is 15.4. The summed E-state index contributed by atoms with van der Waals surface area (Å²) in [6, 6.07) is 60.4. The van der Waals surface area contributed by atoms with Crippen LogP contribution in [-0.2, 0) is 6.18 Å². The summed E-state index contributed by atoms with van der Waals surface area (Å²) in [6.07, 6.45) is -4.56. The number of hydrogen-bond donors (Lipinski definition) is 0. The van der Waals surface area contributed by atoms with Gasteiger partial charge >= 0.3 is 6.18 Å². The fourth-order valence-corrected chi connectivity index (χ4v) is 8.28. The number of aromatic nitrogens is 4. The van der Waals surface area contributed by atoms with Crippen LogP contribution >= 0.6 is 0 Å². The molecule has 0 saturated heterocycles. The molecule has 0 bridgehead atoms. The van der Waals surface area contributed by atoms with E-state index >= 15 is 0 Å². The molecule has 0 spiro atoms. The number of rotatable bonds is 7. The number of aryl methyl sites for hydroxylation is 2. The van der Waals surface area contributed by atoms with Gasteiger partial charge in [-0.05, 0) is 78.6 Å². The lowest BCUT2D eigenvalue weighted by Gasteiger charge is -2.22. The summed E-state index contributed by atoms with van der Waals surface area (Å²) >= 11 is 0. The van der Waals surface area contributed by atoms with E-state index in [1.54, 1.807) is 6.07 Å². The number of hydrogen-bond acceptors (Lipinski definition) is 3. The van der Waals surface area contributed by atoms with Crippen molar-refractivity contribution in [3.05, 3.63) is 205 Å². The maximum absolute atomic E-state index is 14.6. The van der Waals surface area contributed by atoms with Crippen LogP contribution in [0.1, 0.15) is 16.7 Å². The zero-order valence-electron chi connectivity index (χ0n) is 33.3. The summed E-state index contributed by atoms with van der Waals surface area (Å²) in [5.41, 5.74) is 11.2. The maximum atomic E-state index is 14.6. The Bertz CT molecular complexity index is 3200. The Morgan fingerprint density at radius 3 is 1.46 bits per heavy atom. The third-order valence-corrected chi connectivity index (χ3v) is 11.1. The number of alkyl halides is 3. The second kappa shape index (κ2) is 15.2. The van der Waals surface area contributed by atoms with Crippen LogP contribution in [0.2, 0.25) is 0 Å². The number of benzene rings is 8. The molecular formula is C54H37F3N4. The Kier molecular flexibility index (Phi) is 9.37. The molecule has 2 aromatic heterocycles. The van der Waals surface area contributed by atoms with E-state index in [1.807, 2.05) is 104 Å². The number of nitrogens with zero attached hydrogens (tertiary/aromatic N) is 4. The summed E-state index contributed by atoms with van der Waals surface area (Å²) < 4.78 is 46.0. The van der Waals surface area contributed by atoms with E-state index in [9.17, 15) is 13.2 Å². The van der Waals surface area contributed by atoms with Crippen LogP contribution in [0.3, 0.4) is 0 Å². The monoisotopic (exact) mass is 798 g/mol. The van der Waals surface area contributed by atoms with Gasteiger partial charge in [-0.2, -0.15) is 13.2 Å². The minimum absolute atomic E-state index is 0.395. The molecule has 10 aromatic rings. The quantitative estimate of drug-likeness (QED) is 0.161. The first-order valence-corrected chi connectivity index (χ1v) is 20.1. The molecule has 10 rings (SSSR count). The van der Waals surface area contributed by atoms with Gasteiger partial charge in [-0.15, -0.1) is 0 Å². The van der Waals surface area contributed by atoms with Crippen LogP contribution in [0.5, 0.6) is 0 Å². The van der Waals surface area contributed by atoms with Gasteiger partial charge in [-0.1, -0.05) is 157 Å². The molecule has 2 heterocycles. The van der Waals surface area contributed by atoms with Crippen LogP contribution in [0.4, 0.5) is 13.2 Å². The van der Waals surface area contributed by atoms with Gasteiger partial charge in [-0.25, -0.2) is 15.0 Å². The van der Waals surface area contributed by atoms with E-state index in [2.05, 4.69) is 78.2 Å². The van der Waals surface area contributed by atoms with E-state index in [0.717, 1.165) is 72.5 Å². The second-order valence-electron chi connectivity index (χ2n) is 15.4. The summed E-state index contributed by atoms with van der Waals surface area (Å²) in [6.45, 7) is 4.12. The average molecular weight is 799 g/mol. The number of para-hydroxylation sites is 1. The van der Waals surface area contributed by atoms with E-state index in [1.165, 1.54) is 17.7 Å². The first-order chi connectivity index (χ1) is 29.7. The Hall–Kier alpha value is -7.64. The van der Waals surface area contributed by atoms with Gasteiger partial charge in [0.05, 0.1) is 22.3 Å². The largest absolute Gasteiger partial charge is 0.416 e. The topological polar surface area (TPSA) is 43.6 Å². The van der Waals surface area contributed by atoms with Crippen molar-refractivity contribution in [3.8, 4) is 73.2 Å². The van der Waals surface area contributed by atoms with Gasteiger partial charge in [-0.3, -0.25) is 0 Å². The first kappa shape index (κ1) is 37.6. The molecule has 0 aliphatic heterocycles. The average Bonchev–Trinajstić information content (AvgIpc) is 3.62. The van der Waals surface area contributed by atoms with Gasteiger partial charge in [0.1, 0.15) is 0 Å². The van der Waals surface area contributed by atoms with Gasteiger partial charge < -0.3 is 4.57 Å². The molecule has 0 atom stereocenters. The van der Waals surface area contributed by atoms with Gasteiger partial charge in [0.25, 0.3) is 0 Å². The molecule has 61 heavy (non-hydrogen) atoms. The Balaban J connectivity index is 1.33. The van der Waals surface area contributed by atoms with E-state index in [-0.39, 0.29) is 0 Å². The molecular weight excluding hydrogens is 762 g/mol. The standard InChI is InChI=1S/C54H37F3N4/c1-34-14-11-20-38(28-34)39-26-27-49-47(31-39)44-24-9-10-25-48(44)61(49)50-45(40-21-12-15-35(2)29-40)32-42(33-46(50)41-22-13-23-43(30-41)54(55,56)57)53-59-51(36-16-5-3-6-17-36)58-52(60-53)37-18-7-4-8-19-37/h3-33H,1-2H3. The maximum Gasteiger partial charge on any atom is 0.416 e. The minimum atomic E-state index is -4.56. The van der Waals surface area contributed by atoms with Crippen molar-refractivity contribution in [2.24, 2.45) is 0 Å². The molecule has 0 fully saturated rings. The van der Waals surface area contributed by atoms with Crippen molar-refractivity contribution >= 4 is 21.8 Å². The lowest BCUT2D eigenvalue weighted by molar-refractivity contribution is -0.137. The van der Waals surface area contributed by atoms with Crippen molar-refractivity contribution in [3.63, 3.8) is 0 Å². The van der Waals surface area contributed by atoms with Crippen LogP contribution in [0, 0.1) is 13.8 Å².